The van der Waals surface area contributed by atoms with E-state index in [0.717, 1.165) is 17.0 Å². The molecule has 3 aromatic rings. The van der Waals surface area contributed by atoms with E-state index in [9.17, 15) is 0 Å². The van der Waals surface area contributed by atoms with Gasteiger partial charge in [-0.15, -0.1) is 5.92 Å². The molecule has 0 unspecified atom stereocenters. The van der Waals surface area contributed by atoms with Gasteiger partial charge in [-0.05, 0) is 31.2 Å². The lowest BCUT2D eigenvalue weighted by Gasteiger charge is -2.05. The molecule has 0 amide bonds. The van der Waals surface area contributed by atoms with Crippen molar-refractivity contribution in [3.05, 3.63) is 48.0 Å². The van der Waals surface area contributed by atoms with E-state index in [1.54, 1.807) is 19.3 Å². The van der Waals surface area contributed by atoms with Crippen LogP contribution in [0.25, 0.3) is 16.9 Å². The zero-order valence-electron chi connectivity index (χ0n) is 11.4. The normalized spacial score (nSPS) is 10.2. The Morgan fingerprint density at radius 3 is 2.81 bits per heavy atom. The first-order valence-electron chi connectivity index (χ1n) is 6.40. The zero-order chi connectivity index (χ0) is 14.7. The summed E-state index contributed by atoms with van der Waals surface area (Å²) in [5.41, 5.74) is 2.63. The molecule has 0 spiro atoms. The summed E-state index contributed by atoms with van der Waals surface area (Å²) in [6.45, 7) is 2.18. The number of nitrogens with zero attached hydrogens (tertiary/aromatic N) is 3. The molecular weight excluding hydrogens is 286 g/mol. The molecular formula is C16H12ClN3O. The Hall–Kier alpha value is -2.51. The lowest BCUT2D eigenvalue weighted by Crippen LogP contribution is -1.94. The quantitative estimate of drug-likeness (QED) is 0.695. The average molecular weight is 298 g/mol. The van der Waals surface area contributed by atoms with Gasteiger partial charge < -0.3 is 4.74 Å². The minimum Gasteiger partial charge on any atom is -0.481 e. The first-order valence-corrected chi connectivity index (χ1v) is 6.78. The predicted molar refractivity (Wildman–Crippen MR) is 82.4 cm³/mol. The van der Waals surface area contributed by atoms with Crippen molar-refractivity contribution in [3.8, 4) is 28.8 Å². The van der Waals surface area contributed by atoms with Crippen LogP contribution in [0.4, 0.5) is 0 Å². The van der Waals surface area contributed by atoms with E-state index in [4.69, 9.17) is 16.3 Å². The SMILES string of the molecule is CC#CCOc1ccc(-c2cnc3c(Cl)nccn23)cc1. The van der Waals surface area contributed by atoms with Crippen LogP contribution in [-0.4, -0.2) is 21.0 Å². The van der Waals surface area contributed by atoms with Crippen LogP contribution in [0.2, 0.25) is 5.15 Å². The van der Waals surface area contributed by atoms with E-state index in [1.807, 2.05) is 34.9 Å². The van der Waals surface area contributed by atoms with Crippen LogP contribution in [0.15, 0.2) is 42.9 Å². The maximum Gasteiger partial charge on any atom is 0.175 e. The lowest BCUT2D eigenvalue weighted by molar-refractivity contribution is 0.370. The van der Waals surface area contributed by atoms with Gasteiger partial charge in [-0.3, -0.25) is 4.40 Å². The molecule has 0 saturated carbocycles. The highest BCUT2D eigenvalue weighted by molar-refractivity contribution is 6.32. The summed E-state index contributed by atoms with van der Waals surface area (Å²) in [6, 6.07) is 7.78. The minimum atomic E-state index is 0.391. The molecule has 4 nitrogen and oxygen atoms in total. The molecule has 0 radical (unpaired) electrons. The van der Waals surface area contributed by atoms with E-state index in [1.165, 1.54) is 0 Å². The molecule has 0 saturated heterocycles. The molecule has 2 heterocycles. The van der Waals surface area contributed by atoms with Crippen molar-refractivity contribution >= 4 is 17.2 Å². The van der Waals surface area contributed by atoms with E-state index < -0.39 is 0 Å². The second kappa shape index (κ2) is 5.86. The van der Waals surface area contributed by atoms with E-state index in [2.05, 4.69) is 21.8 Å². The smallest absolute Gasteiger partial charge is 0.175 e. The summed E-state index contributed by atoms with van der Waals surface area (Å²) in [5, 5.41) is 0.391. The number of hydrogen-bond donors (Lipinski definition) is 0. The van der Waals surface area contributed by atoms with E-state index >= 15 is 0 Å². The van der Waals surface area contributed by atoms with Crippen LogP contribution < -0.4 is 4.74 Å². The molecule has 0 atom stereocenters. The predicted octanol–water partition coefficient (Wildman–Crippen LogP) is 3.45. The average Bonchev–Trinajstić information content (AvgIpc) is 2.94. The fourth-order valence-corrected chi connectivity index (χ4v) is 2.21. The van der Waals surface area contributed by atoms with Gasteiger partial charge in [-0.2, -0.15) is 0 Å². The van der Waals surface area contributed by atoms with Gasteiger partial charge in [0.05, 0.1) is 11.9 Å². The Balaban J connectivity index is 1.92. The molecule has 0 aliphatic rings. The van der Waals surface area contributed by atoms with E-state index in [-0.39, 0.29) is 0 Å². The Bertz CT molecular complexity index is 828. The molecule has 0 bridgehead atoms. The topological polar surface area (TPSA) is 39.4 Å². The molecule has 104 valence electrons. The standard InChI is InChI=1S/C16H12ClN3O/c1-2-3-10-21-13-6-4-12(5-7-13)14-11-19-16-15(17)18-8-9-20(14)16/h4-9,11H,10H2,1H3. The molecule has 0 fully saturated rings. The maximum atomic E-state index is 6.03. The van der Waals surface area contributed by atoms with Crippen LogP contribution in [0.5, 0.6) is 5.75 Å². The summed E-state index contributed by atoms with van der Waals surface area (Å²) < 4.78 is 7.41. The van der Waals surface area contributed by atoms with Gasteiger partial charge in [0.1, 0.15) is 12.4 Å². The monoisotopic (exact) mass is 297 g/mol. The van der Waals surface area contributed by atoms with Gasteiger partial charge in [-0.25, -0.2) is 9.97 Å². The third-order valence-electron chi connectivity index (χ3n) is 3.02. The summed E-state index contributed by atoms with van der Waals surface area (Å²) in [4.78, 5) is 8.32. The van der Waals surface area contributed by atoms with Crippen LogP contribution >= 0.6 is 11.6 Å². The largest absolute Gasteiger partial charge is 0.481 e. The number of ether oxygens (including phenoxy) is 1. The van der Waals surface area contributed by atoms with Crippen molar-refractivity contribution in [1.29, 1.82) is 0 Å². The number of benzene rings is 1. The van der Waals surface area contributed by atoms with E-state index in [0.29, 0.717) is 17.4 Å². The molecule has 0 N–H and O–H groups in total. The maximum absolute atomic E-state index is 6.03. The summed E-state index contributed by atoms with van der Waals surface area (Å²) in [6.07, 6.45) is 5.27. The highest BCUT2D eigenvalue weighted by Gasteiger charge is 2.08. The van der Waals surface area contributed by atoms with Crippen molar-refractivity contribution in [1.82, 2.24) is 14.4 Å². The Labute approximate surface area is 127 Å². The van der Waals surface area contributed by atoms with Crippen molar-refractivity contribution in [2.24, 2.45) is 0 Å². The minimum absolute atomic E-state index is 0.391. The van der Waals surface area contributed by atoms with Gasteiger partial charge in [0.15, 0.2) is 10.8 Å². The number of fused-ring (bicyclic) bond motifs is 1. The molecule has 5 heteroatoms. The Kier molecular flexibility index (Phi) is 3.76. The number of imidazole rings is 1. The van der Waals surface area contributed by atoms with Gasteiger partial charge in [0.25, 0.3) is 0 Å². The van der Waals surface area contributed by atoms with Crippen LogP contribution in [0.1, 0.15) is 6.92 Å². The van der Waals surface area contributed by atoms with Crippen LogP contribution in [0.3, 0.4) is 0 Å². The van der Waals surface area contributed by atoms with Crippen molar-refractivity contribution in [3.63, 3.8) is 0 Å². The molecule has 2 aromatic heterocycles. The highest BCUT2D eigenvalue weighted by Crippen LogP contribution is 2.25. The highest BCUT2D eigenvalue weighted by atomic mass is 35.5. The number of rotatable bonds is 3. The van der Waals surface area contributed by atoms with Gasteiger partial charge >= 0.3 is 0 Å². The Morgan fingerprint density at radius 2 is 2.05 bits per heavy atom. The second-order valence-electron chi connectivity index (χ2n) is 4.29. The van der Waals surface area contributed by atoms with Crippen LogP contribution in [-0.2, 0) is 0 Å². The van der Waals surface area contributed by atoms with Gasteiger partial charge in [0.2, 0.25) is 0 Å². The fourth-order valence-electron chi connectivity index (χ4n) is 2.01. The van der Waals surface area contributed by atoms with Crippen molar-refractivity contribution in [2.75, 3.05) is 6.61 Å². The fraction of sp³-hybridized carbons (Fsp3) is 0.125. The molecule has 0 aliphatic heterocycles. The molecule has 0 aliphatic carbocycles. The Morgan fingerprint density at radius 1 is 1.24 bits per heavy atom. The summed E-state index contributed by atoms with van der Waals surface area (Å²) >= 11 is 6.03. The molecule has 3 rings (SSSR count). The third-order valence-corrected chi connectivity index (χ3v) is 3.29. The van der Waals surface area contributed by atoms with Gasteiger partial charge in [0, 0.05) is 18.0 Å². The number of hydrogen-bond acceptors (Lipinski definition) is 3. The summed E-state index contributed by atoms with van der Waals surface area (Å²) in [7, 11) is 0. The third kappa shape index (κ3) is 2.69. The second-order valence-corrected chi connectivity index (χ2v) is 4.65. The number of halogens is 1. The van der Waals surface area contributed by atoms with Crippen molar-refractivity contribution < 1.29 is 4.74 Å². The van der Waals surface area contributed by atoms with Crippen molar-refractivity contribution in [2.45, 2.75) is 6.92 Å². The summed E-state index contributed by atoms with van der Waals surface area (Å²) in [5.74, 6) is 6.44. The first-order chi connectivity index (χ1) is 10.3. The molecule has 21 heavy (non-hydrogen) atoms. The lowest BCUT2D eigenvalue weighted by atomic mass is 10.1. The van der Waals surface area contributed by atoms with Gasteiger partial charge in [-0.1, -0.05) is 17.5 Å². The first kappa shape index (κ1) is 13.5. The zero-order valence-corrected chi connectivity index (χ0v) is 12.1. The van der Waals surface area contributed by atoms with Crippen LogP contribution in [0, 0.1) is 11.8 Å². The number of aromatic nitrogens is 3. The molecule has 1 aromatic carbocycles.